The lowest BCUT2D eigenvalue weighted by Gasteiger charge is -2.31. The van der Waals surface area contributed by atoms with Crippen molar-refractivity contribution in [3.05, 3.63) is 27.8 Å². The summed E-state index contributed by atoms with van der Waals surface area (Å²) in [6.45, 7) is 0. The second kappa shape index (κ2) is 7.68. The van der Waals surface area contributed by atoms with Gasteiger partial charge in [0.1, 0.15) is 11.3 Å². The van der Waals surface area contributed by atoms with Crippen LogP contribution in [0.1, 0.15) is 42.5 Å². The van der Waals surface area contributed by atoms with E-state index in [9.17, 15) is 14.9 Å². The Balaban J connectivity index is 2.39. The first-order valence-electron chi connectivity index (χ1n) is 7.67. The summed E-state index contributed by atoms with van der Waals surface area (Å²) in [5, 5.41) is 11.4. The summed E-state index contributed by atoms with van der Waals surface area (Å²) in [6.07, 6.45) is 7.16. The highest BCUT2D eigenvalue weighted by molar-refractivity contribution is 7.98. The van der Waals surface area contributed by atoms with Crippen LogP contribution in [-0.4, -0.2) is 42.2 Å². The second-order valence-corrected chi connectivity index (χ2v) is 6.54. The number of benzene rings is 1. The van der Waals surface area contributed by atoms with Gasteiger partial charge in [-0.2, -0.15) is 0 Å². The van der Waals surface area contributed by atoms with E-state index in [0.29, 0.717) is 5.75 Å². The van der Waals surface area contributed by atoms with Gasteiger partial charge in [0.05, 0.1) is 23.0 Å². The molecule has 0 aromatic heterocycles. The molecule has 1 amide bonds. The first kappa shape index (κ1) is 17.6. The van der Waals surface area contributed by atoms with Crippen molar-refractivity contribution in [3.63, 3.8) is 0 Å². The van der Waals surface area contributed by atoms with Crippen LogP contribution in [0.15, 0.2) is 17.0 Å². The molecule has 0 bridgehead atoms. The summed E-state index contributed by atoms with van der Waals surface area (Å²) >= 11 is 1.40. The average Bonchev–Trinajstić information content (AvgIpc) is 2.59. The molecule has 1 aliphatic rings. The van der Waals surface area contributed by atoms with Gasteiger partial charge in [-0.3, -0.25) is 14.9 Å². The summed E-state index contributed by atoms with van der Waals surface area (Å²) in [5.41, 5.74) is -0.0690. The highest BCUT2D eigenvalue weighted by Crippen LogP contribution is 2.35. The van der Waals surface area contributed by atoms with E-state index in [0.717, 1.165) is 30.6 Å². The highest BCUT2D eigenvalue weighted by Gasteiger charge is 2.29. The summed E-state index contributed by atoms with van der Waals surface area (Å²) in [4.78, 5) is 26.0. The van der Waals surface area contributed by atoms with E-state index in [-0.39, 0.29) is 23.2 Å². The molecule has 0 atom stereocenters. The first-order chi connectivity index (χ1) is 11.0. The standard InChI is InChI=1S/C16H22N2O4S/c1-17(11-7-5-4-6-8-11)16(19)12-9-15(23-3)14(22-2)10-13(12)18(20)21/h9-11H,4-8H2,1-3H3. The normalized spacial score (nSPS) is 15.3. The third kappa shape index (κ3) is 3.77. The lowest BCUT2D eigenvalue weighted by molar-refractivity contribution is -0.385. The molecule has 1 aliphatic carbocycles. The Hall–Kier alpha value is -1.76. The molecule has 23 heavy (non-hydrogen) atoms. The molecule has 0 heterocycles. The zero-order valence-corrected chi connectivity index (χ0v) is 14.5. The highest BCUT2D eigenvalue weighted by atomic mass is 32.2. The number of carbonyl (C=O) groups is 1. The van der Waals surface area contributed by atoms with Crippen molar-refractivity contribution < 1.29 is 14.5 Å². The maximum Gasteiger partial charge on any atom is 0.285 e. The van der Waals surface area contributed by atoms with Crippen molar-refractivity contribution in [1.29, 1.82) is 0 Å². The zero-order valence-electron chi connectivity index (χ0n) is 13.7. The molecule has 0 unspecified atom stereocenters. The van der Waals surface area contributed by atoms with E-state index in [1.165, 1.54) is 31.4 Å². The number of ether oxygens (including phenoxy) is 1. The van der Waals surface area contributed by atoms with Crippen LogP contribution in [0.25, 0.3) is 0 Å². The quantitative estimate of drug-likeness (QED) is 0.465. The molecule has 2 rings (SSSR count). The number of thioether (sulfide) groups is 1. The van der Waals surface area contributed by atoms with Crippen molar-refractivity contribution >= 4 is 23.4 Å². The van der Waals surface area contributed by atoms with E-state index in [2.05, 4.69) is 0 Å². The largest absolute Gasteiger partial charge is 0.495 e. The smallest absolute Gasteiger partial charge is 0.285 e. The molecule has 1 aromatic carbocycles. The maximum atomic E-state index is 12.8. The lowest BCUT2D eigenvalue weighted by atomic mass is 9.94. The molecule has 0 N–H and O–H groups in total. The number of hydrogen-bond acceptors (Lipinski definition) is 5. The Labute approximate surface area is 140 Å². The topological polar surface area (TPSA) is 72.7 Å². The van der Waals surface area contributed by atoms with Crippen LogP contribution < -0.4 is 4.74 Å². The number of rotatable bonds is 5. The zero-order chi connectivity index (χ0) is 17.0. The Morgan fingerprint density at radius 2 is 2.00 bits per heavy atom. The minimum atomic E-state index is -0.519. The molecule has 126 valence electrons. The molecule has 1 aromatic rings. The molecular formula is C16H22N2O4S. The fourth-order valence-corrected chi connectivity index (χ4v) is 3.59. The van der Waals surface area contributed by atoms with Crippen LogP contribution in [-0.2, 0) is 0 Å². The van der Waals surface area contributed by atoms with Crippen molar-refractivity contribution in [1.82, 2.24) is 4.90 Å². The van der Waals surface area contributed by atoms with Crippen LogP contribution in [0.4, 0.5) is 5.69 Å². The third-order valence-corrected chi connectivity index (χ3v) is 5.13. The molecule has 1 saturated carbocycles. The first-order valence-corrected chi connectivity index (χ1v) is 8.89. The predicted octanol–water partition coefficient (Wildman–Crippen LogP) is 3.73. The number of nitro benzene ring substituents is 1. The van der Waals surface area contributed by atoms with Crippen LogP contribution in [0.5, 0.6) is 5.75 Å². The van der Waals surface area contributed by atoms with Gasteiger partial charge in [-0.05, 0) is 25.2 Å². The SMILES string of the molecule is COc1cc([N+](=O)[O-])c(C(=O)N(C)C2CCCCC2)cc1SC. The van der Waals surface area contributed by atoms with Gasteiger partial charge in [0.25, 0.3) is 11.6 Å². The number of nitro groups is 1. The van der Waals surface area contributed by atoms with Crippen LogP contribution in [0.3, 0.4) is 0 Å². The summed E-state index contributed by atoms with van der Waals surface area (Å²) in [5.74, 6) is 0.127. The van der Waals surface area contributed by atoms with Crippen molar-refractivity contribution in [2.45, 2.75) is 43.0 Å². The van der Waals surface area contributed by atoms with Gasteiger partial charge >= 0.3 is 0 Å². The molecule has 0 spiro atoms. The predicted molar refractivity (Wildman–Crippen MR) is 90.4 cm³/mol. The molecule has 1 fully saturated rings. The van der Waals surface area contributed by atoms with Gasteiger partial charge in [-0.15, -0.1) is 11.8 Å². The number of hydrogen-bond donors (Lipinski definition) is 0. The minimum Gasteiger partial charge on any atom is -0.495 e. The van der Waals surface area contributed by atoms with Gasteiger partial charge in [0, 0.05) is 13.1 Å². The Bertz CT molecular complexity index is 600. The Kier molecular flexibility index (Phi) is 5.87. The molecule has 0 saturated heterocycles. The van der Waals surface area contributed by atoms with Gasteiger partial charge < -0.3 is 9.64 Å². The van der Waals surface area contributed by atoms with Gasteiger partial charge in [0.15, 0.2) is 0 Å². The van der Waals surface area contributed by atoms with Crippen molar-refractivity contribution in [3.8, 4) is 5.75 Å². The lowest BCUT2D eigenvalue weighted by Crippen LogP contribution is -2.38. The maximum absolute atomic E-state index is 12.8. The molecule has 7 heteroatoms. The summed E-state index contributed by atoms with van der Waals surface area (Å²) in [7, 11) is 3.21. The van der Waals surface area contributed by atoms with E-state index >= 15 is 0 Å². The third-order valence-electron chi connectivity index (χ3n) is 4.37. The average molecular weight is 338 g/mol. The number of carbonyl (C=O) groups excluding carboxylic acids is 1. The monoisotopic (exact) mass is 338 g/mol. The van der Waals surface area contributed by atoms with Gasteiger partial charge in [-0.1, -0.05) is 19.3 Å². The molecule has 0 aliphatic heterocycles. The Morgan fingerprint density at radius 3 is 2.52 bits per heavy atom. The van der Waals surface area contributed by atoms with Gasteiger partial charge in [0.2, 0.25) is 0 Å². The molecule has 6 nitrogen and oxygen atoms in total. The number of nitrogens with zero attached hydrogens (tertiary/aromatic N) is 2. The number of amides is 1. The van der Waals surface area contributed by atoms with Crippen LogP contribution in [0.2, 0.25) is 0 Å². The summed E-state index contributed by atoms with van der Waals surface area (Å²) < 4.78 is 5.19. The second-order valence-electron chi connectivity index (χ2n) is 5.69. The fraction of sp³-hybridized carbons (Fsp3) is 0.562. The number of methoxy groups -OCH3 is 1. The molecular weight excluding hydrogens is 316 g/mol. The van der Waals surface area contributed by atoms with E-state index in [1.54, 1.807) is 18.0 Å². The van der Waals surface area contributed by atoms with Gasteiger partial charge in [-0.25, -0.2) is 0 Å². The minimum absolute atomic E-state index is 0.133. The van der Waals surface area contributed by atoms with Crippen molar-refractivity contribution in [2.75, 3.05) is 20.4 Å². The van der Waals surface area contributed by atoms with Crippen LogP contribution >= 0.6 is 11.8 Å². The summed E-state index contributed by atoms with van der Waals surface area (Å²) in [6, 6.07) is 3.08. The van der Waals surface area contributed by atoms with Crippen molar-refractivity contribution in [2.24, 2.45) is 0 Å². The Morgan fingerprint density at radius 1 is 1.35 bits per heavy atom. The van der Waals surface area contributed by atoms with Crippen LogP contribution in [0, 0.1) is 10.1 Å². The van der Waals surface area contributed by atoms with E-state index in [1.807, 2.05) is 6.26 Å². The molecule has 0 radical (unpaired) electrons. The van der Waals surface area contributed by atoms with E-state index in [4.69, 9.17) is 4.74 Å². The fourth-order valence-electron chi connectivity index (χ4n) is 3.01. The van der Waals surface area contributed by atoms with E-state index < -0.39 is 4.92 Å².